The first-order valence-electron chi connectivity index (χ1n) is 7.76. The normalized spacial score (nSPS) is 11.5. The third-order valence-electron chi connectivity index (χ3n) is 3.67. The minimum atomic E-state index is -0.815. The van der Waals surface area contributed by atoms with Crippen molar-refractivity contribution in [2.45, 2.75) is 18.9 Å². The molecule has 0 bridgehead atoms. The summed E-state index contributed by atoms with van der Waals surface area (Å²) in [5.74, 6) is -0.575. The number of carbonyl (C=O) groups is 2. The highest BCUT2D eigenvalue weighted by atomic mass is 19.1. The first-order chi connectivity index (χ1) is 12.0. The maximum atomic E-state index is 12.9. The second-order valence-electron chi connectivity index (χ2n) is 5.50. The number of hydrogen-bond acceptors (Lipinski definition) is 4. The van der Waals surface area contributed by atoms with Gasteiger partial charge in [0.05, 0.1) is 20.6 Å². The van der Waals surface area contributed by atoms with E-state index in [1.807, 2.05) is 12.1 Å². The van der Waals surface area contributed by atoms with Crippen LogP contribution < -0.4 is 10.1 Å². The van der Waals surface area contributed by atoms with Gasteiger partial charge in [-0.2, -0.15) is 0 Å². The Hall–Kier alpha value is -2.89. The number of rotatable bonds is 7. The molecule has 0 aliphatic rings. The lowest BCUT2D eigenvalue weighted by Gasteiger charge is -2.17. The van der Waals surface area contributed by atoms with Crippen molar-refractivity contribution in [3.63, 3.8) is 0 Å². The van der Waals surface area contributed by atoms with Crippen LogP contribution in [0.15, 0.2) is 48.5 Å². The average Bonchev–Trinajstić information content (AvgIpc) is 2.62. The molecule has 2 rings (SSSR count). The van der Waals surface area contributed by atoms with Crippen molar-refractivity contribution >= 4 is 11.9 Å². The van der Waals surface area contributed by atoms with Gasteiger partial charge >= 0.3 is 5.97 Å². The number of carbonyl (C=O) groups excluding carboxylic acids is 2. The summed E-state index contributed by atoms with van der Waals surface area (Å²) >= 11 is 0. The lowest BCUT2D eigenvalue weighted by molar-refractivity contribution is -0.145. The zero-order valence-corrected chi connectivity index (χ0v) is 14.1. The third kappa shape index (κ3) is 5.60. The Morgan fingerprint density at radius 3 is 2.44 bits per heavy atom. The van der Waals surface area contributed by atoms with Crippen LogP contribution in [0.25, 0.3) is 0 Å². The molecule has 0 saturated heterocycles. The molecule has 0 radical (unpaired) electrons. The van der Waals surface area contributed by atoms with E-state index in [4.69, 9.17) is 9.47 Å². The molecular weight excluding hydrogens is 325 g/mol. The maximum absolute atomic E-state index is 12.9. The molecule has 5 nitrogen and oxygen atoms in total. The Kier molecular flexibility index (Phi) is 6.51. The van der Waals surface area contributed by atoms with Crippen LogP contribution in [0.2, 0.25) is 0 Å². The Morgan fingerprint density at radius 2 is 1.80 bits per heavy atom. The smallest absolute Gasteiger partial charge is 0.328 e. The van der Waals surface area contributed by atoms with Gasteiger partial charge in [0.25, 0.3) is 0 Å². The number of ether oxygens (including phenoxy) is 2. The van der Waals surface area contributed by atoms with Crippen LogP contribution in [0, 0.1) is 5.82 Å². The fourth-order valence-electron chi connectivity index (χ4n) is 2.40. The molecule has 0 aromatic heterocycles. The van der Waals surface area contributed by atoms with Gasteiger partial charge in [0.2, 0.25) is 5.91 Å². The topological polar surface area (TPSA) is 64.6 Å². The minimum absolute atomic E-state index is 0.0475. The highest BCUT2D eigenvalue weighted by molar-refractivity contribution is 5.85. The summed E-state index contributed by atoms with van der Waals surface area (Å²) in [6.45, 7) is 0. The van der Waals surface area contributed by atoms with E-state index in [9.17, 15) is 14.0 Å². The van der Waals surface area contributed by atoms with E-state index in [1.54, 1.807) is 19.2 Å². The molecule has 6 heteroatoms. The number of halogens is 1. The lowest BCUT2D eigenvalue weighted by atomic mass is 10.0. The molecule has 0 heterocycles. The van der Waals surface area contributed by atoms with E-state index < -0.39 is 12.0 Å². The van der Waals surface area contributed by atoms with Crippen molar-refractivity contribution in [2.75, 3.05) is 14.2 Å². The maximum Gasteiger partial charge on any atom is 0.328 e. The van der Waals surface area contributed by atoms with Gasteiger partial charge < -0.3 is 14.8 Å². The van der Waals surface area contributed by atoms with Crippen LogP contribution in [0.4, 0.5) is 4.39 Å². The van der Waals surface area contributed by atoms with Gasteiger partial charge in [-0.1, -0.05) is 24.3 Å². The molecular formula is C19H20FNO4. The Labute approximate surface area is 145 Å². The van der Waals surface area contributed by atoms with Gasteiger partial charge in [0, 0.05) is 6.42 Å². The molecule has 0 spiro atoms. The fraction of sp³-hybridized carbons (Fsp3) is 0.263. The summed E-state index contributed by atoms with van der Waals surface area (Å²) in [5.41, 5.74) is 1.49. The summed E-state index contributed by atoms with van der Waals surface area (Å²) < 4.78 is 22.9. The molecule has 1 atom stereocenters. The van der Waals surface area contributed by atoms with Crippen LogP contribution in [0.1, 0.15) is 11.1 Å². The van der Waals surface area contributed by atoms with E-state index in [0.29, 0.717) is 11.3 Å². The summed E-state index contributed by atoms with van der Waals surface area (Å²) in [5, 5.41) is 2.67. The van der Waals surface area contributed by atoms with Crippen molar-refractivity contribution < 1.29 is 23.5 Å². The largest absolute Gasteiger partial charge is 0.497 e. The van der Waals surface area contributed by atoms with Gasteiger partial charge in [0.1, 0.15) is 17.6 Å². The fourth-order valence-corrected chi connectivity index (χ4v) is 2.40. The van der Waals surface area contributed by atoms with Gasteiger partial charge in [-0.15, -0.1) is 0 Å². The molecule has 2 aromatic rings. The van der Waals surface area contributed by atoms with E-state index in [-0.39, 0.29) is 24.6 Å². The number of benzene rings is 2. The molecule has 132 valence electrons. The molecule has 1 amide bonds. The first-order valence-corrected chi connectivity index (χ1v) is 7.76. The SMILES string of the molecule is COC(=O)[C@H](Cc1cccc(OC)c1)NC(=O)Cc1ccc(F)cc1. The molecule has 0 saturated carbocycles. The number of amides is 1. The summed E-state index contributed by atoms with van der Waals surface area (Å²) in [6, 6.07) is 12.1. The monoisotopic (exact) mass is 345 g/mol. The number of methoxy groups -OCH3 is 2. The highest BCUT2D eigenvalue weighted by Crippen LogP contribution is 2.14. The Morgan fingerprint density at radius 1 is 1.08 bits per heavy atom. The van der Waals surface area contributed by atoms with Crippen molar-refractivity contribution in [3.05, 3.63) is 65.5 Å². The third-order valence-corrected chi connectivity index (χ3v) is 3.67. The van der Waals surface area contributed by atoms with Gasteiger partial charge in [-0.3, -0.25) is 4.79 Å². The molecule has 2 aromatic carbocycles. The van der Waals surface area contributed by atoms with E-state index in [1.165, 1.54) is 31.4 Å². The van der Waals surface area contributed by atoms with Crippen LogP contribution in [-0.4, -0.2) is 32.1 Å². The van der Waals surface area contributed by atoms with E-state index in [0.717, 1.165) is 5.56 Å². The summed E-state index contributed by atoms with van der Waals surface area (Å²) in [6.07, 6.45) is 0.324. The molecule has 0 unspecified atom stereocenters. The molecule has 0 aliphatic heterocycles. The average molecular weight is 345 g/mol. The van der Waals surface area contributed by atoms with Crippen LogP contribution in [0.5, 0.6) is 5.75 Å². The molecule has 25 heavy (non-hydrogen) atoms. The predicted octanol–water partition coefficient (Wildman–Crippen LogP) is 2.28. The number of nitrogens with one attached hydrogen (secondary N) is 1. The van der Waals surface area contributed by atoms with Crippen molar-refractivity contribution in [3.8, 4) is 5.75 Å². The molecule has 0 fully saturated rings. The lowest BCUT2D eigenvalue weighted by Crippen LogP contribution is -2.43. The van der Waals surface area contributed by atoms with Crippen molar-refractivity contribution in [1.29, 1.82) is 0 Å². The van der Waals surface area contributed by atoms with E-state index >= 15 is 0 Å². The summed E-state index contributed by atoms with van der Waals surface area (Å²) in [7, 11) is 2.83. The first kappa shape index (κ1) is 18.4. The standard InChI is InChI=1S/C19H20FNO4/c1-24-16-5-3-4-14(10-16)11-17(19(23)25-2)21-18(22)12-13-6-8-15(20)9-7-13/h3-10,17H,11-12H2,1-2H3,(H,21,22)/t17-/m0/s1. The van der Waals surface area contributed by atoms with Gasteiger partial charge in [-0.05, 0) is 35.4 Å². The highest BCUT2D eigenvalue weighted by Gasteiger charge is 2.22. The minimum Gasteiger partial charge on any atom is -0.497 e. The Bertz CT molecular complexity index is 730. The van der Waals surface area contributed by atoms with Crippen molar-refractivity contribution in [2.24, 2.45) is 0 Å². The second kappa shape index (κ2) is 8.82. The summed E-state index contributed by atoms with van der Waals surface area (Å²) in [4.78, 5) is 24.2. The van der Waals surface area contributed by atoms with Gasteiger partial charge in [-0.25, -0.2) is 9.18 Å². The zero-order chi connectivity index (χ0) is 18.2. The predicted molar refractivity (Wildman–Crippen MR) is 90.7 cm³/mol. The van der Waals surface area contributed by atoms with Crippen LogP contribution in [0.3, 0.4) is 0 Å². The zero-order valence-electron chi connectivity index (χ0n) is 14.1. The molecule has 1 N–H and O–H groups in total. The second-order valence-corrected chi connectivity index (χ2v) is 5.50. The molecule has 0 aliphatic carbocycles. The Balaban J connectivity index is 2.05. The number of hydrogen-bond donors (Lipinski definition) is 1. The number of esters is 1. The van der Waals surface area contributed by atoms with Crippen molar-refractivity contribution in [1.82, 2.24) is 5.32 Å². The van der Waals surface area contributed by atoms with E-state index in [2.05, 4.69) is 5.32 Å². The van der Waals surface area contributed by atoms with Crippen LogP contribution >= 0.6 is 0 Å². The quantitative estimate of drug-likeness (QED) is 0.782. The van der Waals surface area contributed by atoms with Crippen LogP contribution in [-0.2, 0) is 27.2 Å². The van der Waals surface area contributed by atoms with Gasteiger partial charge in [0.15, 0.2) is 0 Å².